The van der Waals surface area contributed by atoms with E-state index in [9.17, 15) is 22.8 Å². The van der Waals surface area contributed by atoms with Crippen LogP contribution in [0.2, 0.25) is 0 Å². The van der Waals surface area contributed by atoms with Crippen molar-refractivity contribution in [3.63, 3.8) is 0 Å². The predicted molar refractivity (Wildman–Crippen MR) is 99.7 cm³/mol. The molecule has 1 aliphatic rings. The van der Waals surface area contributed by atoms with Crippen LogP contribution in [0.5, 0.6) is 5.75 Å². The zero-order valence-corrected chi connectivity index (χ0v) is 15.6. The second-order valence-corrected chi connectivity index (χ2v) is 7.55. The van der Waals surface area contributed by atoms with Gasteiger partial charge in [0.25, 0.3) is 27.7 Å². The van der Waals surface area contributed by atoms with Crippen LogP contribution in [0.4, 0.5) is 5.69 Å². The van der Waals surface area contributed by atoms with E-state index in [-0.39, 0.29) is 34.2 Å². The molecule has 0 bridgehead atoms. The lowest BCUT2D eigenvalue weighted by Crippen LogP contribution is -2.28. The number of carbonyl (C=O) groups excluding carboxylic acids is 3. The number of benzene rings is 2. The first-order chi connectivity index (χ1) is 13.3. The standard InChI is InChI=1S/C18H17N3O6S/c1-2-19-16(22)10-27-12-5-3-4-11(8-12)21-28(25,26)13-6-7-14-15(9-13)18(24)20-17(14)23/h3-9,21H,2,10H2,1H3,(H,19,22)(H,20,23,24). The zero-order chi connectivity index (χ0) is 20.3. The van der Waals surface area contributed by atoms with Crippen molar-refractivity contribution in [2.45, 2.75) is 11.8 Å². The van der Waals surface area contributed by atoms with Crippen molar-refractivity contribution >= 4 is 33.4 Å². The molecule has 0 saturated heterocycles. The van der Waals surface area contributed by atoms with Crippen LogP contribution in [-0.2, 0) is 14.8 Å². The first-order valence-electron chi connectivity index (χ1n) is 8.32. The Morgan fingerprint density at radius 3 is 2.57 bits per heavy atom. The summed E-state index contributed by atoms with van der Waals surface area (Å²) in [5, 5.41) is 4.69. The molecule has 0 unspecified atom stereocenters. The molecule has 0 aromatic heterocycles. The van der Waals surface area contributed by atoms with Crippen LogP contribution in [0.15, 0.2) is 47.4 Å². The second-order valence-electron chi connectivity index (χ2n) is 5.87. The summed E-state index contributed by atoms with van der Waals surface area (Å²) in [6.45, 7) is 2.07. The Hall–Kier alpha value is -3.40. The third-order valence-corrected chi connectivity index (χ3v) is 5.23. The lowest BCUT2D eigenvalue weighted by molar-refractivity contribution is -0.122. The van der Waals surface area contributed by atoms with Crippen molar-refractivity contribution in [2.75, 3.05) is 17.9 Å². The molecule has 10 heteroatoms. The van der Waals surface area contributed by atoms with Crippen LogP contribution in [0.1, 0.15) is 27.6 Å². The highest BCUT2D eigenvalue weighted by Crippen LogP contribution is 2.24. The Morgan fingerprint density at radius 2 is 1.82 bits per heavy atom. The number of likely N-dealkylation sites (N-methyl/N-ethyl adjacent to an activating group) is 1. The highest BCUT2D eigenvalue weighted by atomic mass is 32.2. The number of rotatable bonds is 7. The summed E-state index contributed by atoms with van der Waals surface area (Å²) in [4.78, 5) is 34.6. The van der Waals surface area contributed by atoms with Crippen LogP contribution >= 0.6 is 0 Å². The number of fused-ring (bicyclic) bond motifs is 1. The summed E-state index contributed by atoms with van der Waals surface area (Å²) in [5.74, 6) is -1.18. The average molecular weight is 403 g/mol. The van der Waals surface area contributed by atoms with Gasteiger partial charge in [-0.1, -0.05) is 6.07 Å². The van der Waals surface area contributed by atoms with E-state index in [1.54, 1.807) is 19.1 Å². The highest BCUT2D eigenvalue weighted by molar-refractivity contribution is 7.92. The van der Waals surface area contributed by atoms with Crippen molar-refractivity contribution in [1.29, 1.82) is 0 Å². The van der Waals surface area contributed by atoms with Crippen molar-refractivity contribution in [3.05, 3.63) is 53.6 Å². The zero-order valence-electron chi connectivity index (χ0n) is 14.8. The molecular weight excluding hydrogens is 386 g/mol. The minimum Gasteiger partial charge on any atom is -0.484 e. The summed E-state index contributed by atoms with van der Waals surface area (Å²) in [6.07, 6.45) is 0. The van der Waals surface area contributed by atoms with Crippen molar-refractivity contribution in [2.24, 2.45) is 0 Å². The lowest BCUT2D eigenvalue weighted by atomic mass is 10.1. The molecular formula is C18H17N3O6S. The summed E-state index contributed by atoms with van der Waals surface area (Å²) in [7, 11) is -4.01. The number of imide groups is 1. The van der Waals surface area contributed by atoms with Crippen LogP contribution in [0.25, 0.3) is 0 Å². The Balaban J connectivity index is 1.77. The maximum Gasteiger partial charge on any atom is 0.261 e. The van der Waals surface area contributed by atoms with Crippen LogP contribution in [0, 0.1) is 0 Å². The Labute approximate surface area is 161 Å². The minimum atomic E-state index is -4.01. The van der Waals surface area contributed by atoms with Gasteiger partial charge in [-0.25, -0.2) is 8.42 Å². The van der Waals surface area contributed by atoms with Gasteiger partial charge in [-0.2, -0.15) is 0 Å². The van der Waals surface area contributed by atoms with E-state index in [0.29, 0.717) is 12.3 Å². The topological polar surface area (TPSA) is 131 Å². The van der Waals surface area contributed by atoms with E-state index >= 15 is 0 Å². The molecule has 3 N–H and O–H groups in total. The number of hydrogen-bond acceptors (Lipinski definition) is 6. The van der Waals surface area contributed by atoms with Gasteiger partial charge in [0.15, 0.2) is 6.61 Å². The molecule has 3 rings (SSSR count). The van der Waals surface area contributed by atoms with Gasteiger partial charge in [0.2, 0.25) is 0 Å². The van der Waals surface area contributed by atoms with Gasteiger partial charge >= 0.3 is 0 Å². The van der Waals surface area contributed by atoms with E-state index < -0.39 is 21.8 Å². The van der Waals surface area contributed by atoms with E-state index in [4.69, 9.17) is 4.74 Å². The van der Waals surface area contributed by atoms with Crippen molar-refractivity contribution in [1.82, 2.24) is 10.6 Å². The fourth-order valence-corrected chi connectivity index (χ4v) is 3.65. The van der Waals surface area contributed by atoms with Gasteiger partial charge < -0.3 is 10.1 Å². The molecule has 0 atom stereocenters. The summed E-state index contributed by atoms with van der Waals surface area (Å²) in [5.41, 5.74) is 0.353. The molecule has 3 amide bonds. The van der Waals surface area contributed by atoms with Gasteiger partial charge in [-0.3, -0.25) is 24.4 Å². The summed E-state index contributed by atoms with van der Waals surface area (Å²) >= 11 is 0. The normalized spacial score (nSPS) is 12.9. The minimum absolute atomic E-state index is 0.00638. The first kappa shape index (κ1) is 19.4. The van der Waals surface area contributed by atoms with E-state index in [1.807, 2.05) is 0 Å². The van der Waals surface area contributed by atoms with Crippen molar-refractivity contribution < 1.29 is 27.5 Å². The van der Waals surface area contributed by atoms with Gasteiger partial charge in [-0.15, -0.1) is 0 Å². The van der Waals surface area contributed by atoms with Gasteiger partial charge in [0.05, 0.1) is 21.7 Å². The molecule has 146 valence electrons. The van der Waals surface area contributed by atoms with Gasteiger partial charge in [-0.05, 0) is 37.3 Å². The monoisotopic (exact) mass is 403 g/mol. The van der Waals surface area contributed by atoms with Gasteiger partial charge in [0, 0.05) is 12.6 Å². The van der Waals surface area contributed by atoms with Crippen LogP contribution in [-0.4, -0.2) is 39.3 Å². The Bertz CT molecular complexity index is 1060. The quantitative estimate of drug-likeness (QED) is 0.589. The number of nitrogens with one attached hydrogen (secondary N) is 3. The smallest absolute Gasteiger partial charge is 0.261 e. The maximum absolute atomic E-state index is 12.6. The Kier molecular flexibility index (Phi) is 5.32. The van der Waals surface area contributed by atoms with E-state index in [0.717, 1.165) is 6.07 Å². The first-order valence-corrected chi connectivity index (χ1v) is 9.80. The lowest BCUT2D eigenvalue weighted by Gasteiger charge is -2.11. The number of sulfonamides is 1. The van der Waals surface area contributed by atoms with Crippen molar-refractivity contribution in [3.8, 4) is 5.75 Å². The number of anilines is 1. The largest absolute Gasteiger partial charge is 0.484 e. The number of ether oxygens (including phenoxy) is 1. The van der Waals surface area contributed by atoms with Crippen LogP contribution in [0.3, 0.4) is 0 Å². The molecule has 1 aliphatic heterocycles. The molecule has 0 aliphatic carbocycles. The van der Waals surface area contributed by atoms with E-state index in [1.165, 1.54) is 24.3 Å². The molecule has 28 heavy (non-hydrogen) atoms. The molecule has 0 radical (unpaired) electrons. The fraction of sp³-hybridized carbons (Fsp3) is 0.167. The maximum atomic E-state index is 12.6. The van der Waals surface area contributed by atoms with Crippen LogP contribution < -0.4 is 20.1 Å². The predicted octanol–water partition coefficient (Wildman–Crippen LogP) is 0.886. The SMILES string of the molecule is CCNC(=O)COc1cccc(NS(=O)(=O)c2ccc3c(c2)C(=O)NC3=O)c1. The second kappa shape index (κ2) is 7.69. The average Bonchev–Trinajstić information content (AvgIpc) is 2.94. The number of amides is 3. The van der Waals surface area contributed by atoms with Gasteiger partial charge in [0.1, 0.15) is 5.75 Å². The third-order valence-electron chi connectivity index (χ3n) is 3.85. The molecule has 0 saturated carbocycles. The molecule has 1 heterocycles. The number of hydrogen-bond donors (Lipinski definition) is 3. The molecule has 0 spiro atoms. The molecule has 2 aromatic carbocycles. The summed E-state index contributed by atoms with van der Waals surface area (Å²) < 4.78 is 32.9. The molecule has 9 nitrogen and oxygen atoms in total. The van der Waals surface area contributed by atoms with E-state index in [2.05, 4.69) is 15.4 Å². The number of carbonyl (C=O) groups is 3. The third kappa shape index (κ3) is 4.12. The molecule has 2 aromatic rings. The highest BCUT2D eigenvalue weighted by Gasteiger charge is 2.28. The summed E-state index contributed by atoms with van der Waals surface area (Å²) in [6, 6.07) is 9.78. The molecule has 0 fully saturated rings. The Morgan fingerprint density at radius 1 is 1.07 bits per heavy atom. The fourth-order valence-electron chi connectivity index (χ4n) is 2.57.